The predicted octanol–water partition coefficient (Wildman–Crippen LogP) is 3.24. The van der Waals surface area contributed by atoms with Gasteiger partial charge in [0.05, 0.1) is 13.7 Å². The molecule has 1 N–H and O–H groups in total. The molecule has 32 heavy (non-hydrogen) atoms. The Morgan fingerprint density at radius 3 is 2.62 bits per heavy atom. The van der Waals surface area contributed by atoms with E-state index in [1.165, 1.54) is 32.2 Å². The topological polar surface area (TPSA) is 115 Å². The number of furan rings is 1. The lowest BCUT2D eigenvalue weighted by Crippen LogP contribution is -2.30. The molecule has 0 spiro atoms. The minimum atomic E-state index is -0.664. The van der Waals surface area contributed by atoms with Crippen LogP contribution in [0.25, 0.3) is 16.8 Å². The number of methoxy groups -OCH3 is 1. The van der Waals surface area contributed by atoms with Crippen molar-refractivity contribution in [1.82, 2.24) is 10.2 Å². The van der Waals surface area contributed by atoms with Gasteiger partial charge >= 0.3 is 18.0 Å². The number of hydrogen-bond acceptors (Lipinski definition) is 7. The second-order valence-corrected chi connectivity index (χ2v) is 6.93. The fourth-order valence-electron chi connectivity index (χ4n) is 3.36. The molecule has 162 valence electrons. The van der Waals surface area contributed by atoms with E-state index >= 15 is 0 Å². The molecular weight excluding hydrogens is 416 g/mol. The number of urea groups is 1. The molecule has 4 rings (SSSR count). The van der Waals surface area contributed by atoms with Crippen LogP contribution in [0.1, 0.15) is 28.8 Å². The summed E-state index contributed by atoms with van der Waals surface area (Å²) in [7, 11) is 1.22. The van der Waals surface area contributed by atoms with Crippen LogP contribution < -0.4 is 10.1 Å². The molecule has 1 saturated heterocycles. The maximum atomic E-state index is 12.9. The number of hydrogen-bond donors (Lipinski definition) is 1. The van der Waals surface area contributed by atoms with Crippen LogP contribution in [0.5, 0.6) is 5.75 Å². The fraction of sp³-hybridized carbons (Fsp3) is 0.130. The Morgan fingerprint density at radius 1 is 1.09 bits per heavy atom. The molecule has 3 aromatic rings. The molecule has 1 aliphatic heterocycles. The van der Waals surface area contributed by atoms with Gasteiger partial charge in [0.15, 0.2) is 0 Å². The van der Waals surface area contributed by atoms with Crippen LogP contribution >= 0.6 is 0 Å². The van der Waals surface area contributed by atoms with Crippen molar-refractivity contribution in [3.63, 3.8) is 0 Å². The third-order valence-electron chi connectivity index (χ3n) is 4.80. The smallest absolute Gasteiger partial charge is 0.373 e. The normalized spacial score (nSPS) is 14.7. The molecule has 3 amide bonds. The van der Waals surface area contributed by atoms with Crippen LogP contribution in [0.3, 0.4) is 0 Å². The highest BCUT2D eigenvalue weighted by atomic mass is 16.5. The number of nitrogens with one attached hydrogen (secondary N) is 1. The van der Waals surface area contributed by atoms with Gasteiger partial charge in [-0.05, 0) is 35.0 Å². The maximum absolute atomic E-state index is 12.9. The number of carbonyl (C=O) groups is 4. The first-order valence-corrected chi connectivity index (χ1v) is 9.59. The van der Waals surface area contributed by atoms with E-state index in [9.17, 15) is 19.2 Å². The van der Waals surface area contributed by atoms with Crippen molar-refractivity contribution >= 4 is 40.7 Å². The third-order valence-corrected chi connectivity index (χ3v) is 4.80. The van der Waals surface area contributed by atoms with E-state index in [2.05, 4.69) is 10.1 Å². The lowest BCUT2D eigenvalue weighted by atomic mass is 10.0. The molecule has 0 bridgehead atoms. The Labute approximate surface area is 182 Å². The Bertz CT molecular complexity index is 1290. The number of rotatable bonds is 5. The number of amides is 3. The van der Waals surface area contributed by atoms with Gasteiger partial charge in [-0.25, -0.2) is 9.59 Å². The highest BCUT2D eigenvalue weighted by molar-refractivity contribution is 6.14. The van der Waals surface area contributed by atoms with Gasteiger partial charge in [0.25, 0.3) is 5.91 Å². The third kappa shape index (κ3) is 3.95. The summed E-state index contributed by atoms with van der Waals surface area (Å²) in [6.45, 7) is 1.10. The minimum Gasteiger partial charge on any atom is -0.463 e. The Hall–Kier alpha value is -4.40. The van der Waals surface area contributed by atoms with E-state index in [0.29, 0.717) is 5.56 Å². The number of carbonyl (C=O) groups excluding carboxylic acids is 4. The summed E-state index contributed by atoms with van der Waals surface area (Å²) in [5.74, 6) is -1.30. The van der Waals surface area contributed by atoms with Crippen molar-refractivity contribution in [3.05, 3.63) is 71.3 Å². The molecule has 9 heteroatoms. The van der Waals surface area contributed by atoms with Crippen molar-refractivity contribution in [1.29, 1.82) is 0 Å². The van der Waals surface area contributed by atoms with Crippen LogP contribution in [-0.2, 0) is 20.9 Å². The first kappa shape index (κ1) is 20.9. The summed E-state index contributed by atoms with van der Waals surface area (Å²) in [4.78, 5) is 49.4. The van der Waals surface area contributed by atoms with Crippen molar-refractivity contribution in [2.45, 2.75) is 13.5 Å². The zero-order valence-electron chi connectivity index (χ0n) is 17.2. The fourth-order valence-corrected chi connectivity index (χ4v) is 3.36. The summed E-state index contributed by atoms with van der Waals surface area (Å²) in [5, 5.41) is 4.15. The van der Waals surface area contributed by atoms with Crippen molar-refractivity contribution in [2.24, 2.45) is 0 Å². The van der Waals surface area contributed by atoms with Gasteiger partial charge in [-0.15, -0.1) is 0 Å². The largest absolute Gasteiger partial charge is 0.463 e. The van der Waals surface area contributed by atoms with Crippen LogP contribution in [0.15, 0.2) is 58.6 Å². The summed E-state index contributed by atoms with van der Waals surface area (Å²) in [6.07, 6.45) is 1.48. The second kappa shape index (κ2) is 8.38. The molecule has 2 aromatic carbocycles. The number of fused-ring (bicyclic) bond motifs is 1. The van der Waals surface area contributed by atoms with Gasteiger partial charge in [-0.3, -0.25) is 14.5 Å². The molecule has 1 aromatic heterocycles. The average Bonchev–Trinajstić information content (AvgIpc) is 3.35. The van der Waals surface area contributed by atoms with Crippen molar-refractivity contribution in [2.75, 3.05) is 7.11 Å². The highest BCUT2D eigenvalue weighted by Gasteiger charge is 2.34. The number of nitrogens with zero attached hydrogens (tertiary/aromatic N) is 1. The number of benzene rings is 2. The van der Waals surface area contributed by atoms with Gasteiger partial charge in [-0.2, -0.15) is 0 Å². The van der Waals surface area contributed by atoms with Crippen LogP contribution in [0.2, 0.25) is 0 Å². The summed E-state index contributed by atoms with van der Waals surface area (Å²) >= 11 is 0. The molecule has 0 atom stereocenters. The number of ether oxygens (including phenoxy) is 2. The van der Waals surface area contributed by atoms with Gasteiger partial charge < -0.3 is 19.2 Å². The summed E-state index contributed by atoms with van der Waals surface area (Å²) < 4.78 is 15.2. The summed E-state index contributed by atoms with van der Waals surface area (Å²) in [5.41, 5.74) is 0.495. The highest BCUT2D eigenvalue weighted by Crippen LogP contribution is 2.31. The van der Waals surface area contributed by atoms with E-state index in [1.54, 1.807) is 12.1 Å². The SMILES string of the molecule is COC(=O)c1ccc(CN2C(=O)NC(=Cc3c(OC(C)=O)ccc4ccccc34)C2=O)o1. The molecule has 0 radical (unpaired) electrons. The first-order chi connectivity index (χ1) is 15.4. The number of imide groups is 1. The molecule has 1 fully saturated rings. The van der Waals surface area contributed by atoms with Crippen molar-refractivity contribution in [3.8, 4) is 5.75 Å². The van der Waals surface area contributed by atoms with Gasteiger partial charge in [-0.1, -0.05) is 30.3 Å². The molecule has 9 nitrogen and oxygen atoms in total. The van der Waals surface area contributed by atoms with Crippen molar-refractivity contribution < 1.29 is 33.1 Å². The molecule has 0 aliphatic carbocycles. The molecule has 1 aliphatic rings. The zero-order chi connectivity index (χ0) is 22.8. The van der Waals surface area contributed by atoms with Gasteiger partial charge in [0.2, 0.25) is 5.76 Å². The lowest BCUT2D eigenvalue weighted by molar-refractivity contribution is -0.131. The first-order valence-electron chi connectivity index (χ1n) is 9.59. The maximum Gasteiger partial charge on any atom is 0.373 e. The van der Waals surface area contributed by atoms with Gasteiger partial charge in [0.1, 0.15) is 17.2 Å². The molecule has 0 unspecified atom stereocenters. The molecular formula is C23H18N2O7. The van der Waals surface area contributed by atoms with E-state index in [-0.39, 0.29) is 29.5 Å². The van der Waals surface area contributed by atoms with E-state index < -0.39 is 23.9 Å². The van der Waals surface area contributed by atoms with E-state index in [4.69, 9.17) is 9.15 Å². The average molecular weight is 434 g/mol. The molecule has 0 saturated carbocycles. The molecule has 2 heterocycles. The Morgan fingerprint density at radius 2 is 1.88 bits per heavy atom. The standard InChI is InChI=1S/C23H18N2O7/c1-13(26)31-19-9-7-14-5-3-4-6-16(14)17(19)11-18-21(27)25(23(29)24-18)12-15-8-10-20(32-15)22(28)30-2/h3-11H,12H2,1-2H3,(H,24,29). The van der Waals surface area contributed by atoms with Crippen LogP contribution in [-0.4, -0.2) is 35.9 Å². The Kier molecular flexibility index (Phi) is 5.46. The van der Waals surface area contributed by atoms with Gasteiger partial charge in [0, 0.05) is 12.5 Å². The van der Waals surface area contributed by atoms with Crippen LogP contribution in [0.4, 0.5) is 4.79 Å². The number of esters is 2. The minimum absolute atomic E-state index is 0.0134. The Balaban J connectivity index is 1.67. The monoisotopic (exact) mass is 434 g/mol. The quantitative estimate of drug-likeness (QED) is 0.284. The zero-order valence-corrected chi connectivity index (χ0v) is 17.2. The van der Waals surface area contributed by atoms with E-state index in [0.717, 1.165) is 15.7 Å². The lowest BCUT2D eigenvalue weighted by Gasteiger charge is -2.11. The second-order valence-electron chi connectivity index (χ2n) is 6.93. The summed E-state index contributed by atoms with van der Waals surface area (Å²) in [6, 6.07) is 13.1. The van der Waals surface area contributed by atoms with Crippen LogP contribution in [0, 0.1) is 0 Å². The predicted molar refractivity (Wildman–Crippen MR) is 112 cm³/mol. The van der Waals surface area contributed by atoms with E-state index in [1.807, 2.05) is 24.3 Å².